The molecule has 0 spiro atoms. The lowest BCUT2D eigenvalue weighted by molar-refractivity contribution is 0.0505. The molecule has 160 valence electrons. The van der Waals surface area contributed by atoms with Crippen LogP contribution in [-0.4, -0.2) is 66.0 Å². The zero-order valence-corrected chi connectivity index (χ0v) is 17.1. The normalized spacial score (nSPS) is 18.2. The van der Waals surface area contributed by atoms with E-state index in [0.717, 1.165) is 11.1 Å². The number of fused-ring (bicyclic) bond motifs is 1. The van der Waals surface area contributed by atoms with E-state index in [9.17, 15) is 14.4 Å². The first kappa shape index (κ1) is 22.5. The van der Waals surface area contributed by atoms with E-state index < -0.39 is 17.7 Å². The number of primary amides is 1. The zero-order valence-electron chi connectivity index (χ0n) is 17.1. The predicted octanol–water partition coefficient (Wildman–Crippen LogP) is 1.77. The second-order valence-electron chi connectivity index (χ2n) is 7.98. The fraction of sp³-hybridized carbons (Fsp3) is 0.550. The van der Waals surface area contributed by atoms with Crippen LogP contribution in [0.15, 0.2) is 18.2 Å². The van der Waals surface area contributed by atoms with Gasteiger partial charge in [0.05, 0.1) is 18.8 Å². The molecule has 0 bridgehead atoms. The van der Waals surface area contributed by atoms with Gasteiger partial charge in [-0.15, -0.1) is 0 Å². The van der Waals surface area contributed by atoms with Crippen LogP contribution in [0.2, 0.25) is 0 Å². The van der Waals surface area contributed by atoms with Crippen molar-refractivity contribution in [2.24, 2.45) is 5.73 Å². The van der Waals surface area contributed by atoms with Crippen LogP contribution < -0.4 is 11.1 Å². The summed E-state index contributed by atoms with van der Waals surface area (Å²) >= 11 is 0. The second kappa shape index (κ2) is 9.60. The molecular weight excluding hydrogens is 378 g/mol. The van der Waals surface area contributed by atoms with Crippen molar-refractivity contribution in [3.63, 3.8) is 0 Å². The number of carboxylic acid groups (broad SMARTS) is 1. The van der Waals surface area contributed by atoms with Crippen LogP contribution in [0.3, 0.4) is 0 Å². The van der Waals surface area contributed by atoms with E-state index in [-0.39, 0.29) is 17.6 Å². The van der Waals surface area contributed by atoms with Crippen molar-refractivity contribution in [2.45, 2.75) is 45.3 Å². The van der Waals surface area contributed by atoms with Gasteiger partial charge in [0.15, 0.2) is 0 Å². The molecule has 1 atom stereocenters. The number of amides is 3. The Kier molecular flexibility index (Phi) is 7.44. The maximum absolute atomic E-state index is 11.7. The van der Waals surface area contributed by atoms with Crippen LogP contribution in [0.5, 0.6) is 0 Å². The Balaban J connectivity index is 0.000000278. The highest BCUT2D eigenvalue weighted by atomic mass is 16.6. The molecule has 3 amide bonds. The third-order valence-electron chi connectivity index (χ3n) is 4.43. The van der Waals surface area contributed by atoms with Crippen molar-refractivity contribution in [3.05, 3.63) is 34.9 Å². The molecule has 0 radical (unpaired) electrons. The Morgan fingerprint density at radius 3 is 2.31 bits per heavy atom. The largest absolute Gasteiger partial charge is 0.478 e. The first-order valence-electron chi connectivity index (χ1n) is 9.52. The molecule has 1 aliphatic heterocycles. The fourth-order valence-electron chi connectivity index (χ4n) is 3.11. The van der Waals surface area contributed by atoms with Crippen molar-refractivity contribution in [3.8, 4) is 0 Å². The summed E-state index contributed by atoms with van der Waals surface area (Å²) in [5.74, 6) is -0.934. The highest BCUT2D eigenvalue weighted by Gasteiger charge is 2.26. The summed E-state index contributed by atoms with van der Waals surface area (Å²) in [6.45, 7) is 7.94. The second-order valence-corrected chi connectivity index (χ2v) is 7.98. The van der Waals surface area contributed by atoms with E-state index in [0.29, 0.717) is 39.1 Å². The maximum Gasteiger partial charge on any atom is 0.407 e. The molecule has 1 heterocycles. The van der Waals surface area contributed by atoms with Gasteiger partial charge in [0, 0.05) is 19.1 Å². The summed E-state index contributed by atoms with van der Waals surface area (Å²) in [5, 5.41) is 11.8. The van der Waals surface area contributed by atoms with Gasteiger partial charge in [-0.1, -0.05) is 6.07 Å². The Hall–Kier alpha value is -2.81. The van der Waals surface area contributed by atoms with Gasteiger partial charge >= 0.3 is 18.1 Å². The van der Waals surface area contributed by atoms with E-state index >= 15 is 0 Å². The quantitative estimate of drug-likeness (QED) is 0.685. The van der Waals surface area contributed by atoms with Gasteiger partial charge in [-0.05, 0) is 56.9 Å². The number of nitrogens with two attached hydrogens (primary N) is 1. The molecule has 0 saturated carbocycles. The first-order chi connectivity index (χ1) is 13.5. The molecular formula is C20H29N3O6. The van der Waals surface area contributed by atoms with Crippen molar-refractivity contribution < 1.29 is 29.0 Å². The molecule has 4 N–H and O–H groups in total. The summed E-state index contributed by atoms with van der Waals surface area (Å²) in [4.78, 5) is 34.7. The first-order valence-corrected chi connectivity index (χ1v) is 9.52. The standard InChI is InChI=1S/C15H19NO4.C5H10N2O2/c1-15(2,3)20-14(19)16-12-7-9-4-5-10(13(17)18)6-11(9)8-12;6-5(8)7-1-3-9-4-2-7/h4-6,12H,7-8H2,1-3H3,(H,16,19)(H,17,18);1-4H2,(H2,6,8). The summed E-state index contributed by atoms with van der Waals surface area (Å²) in [7, 11) is 0. The molecule has 9 heteroatoms. The summed E-state index contributed by atoms with van der Waals surface area (Å²) in [6, 6.07) is 4.70. The molecule has 1 saturated heterocycles. The number of hydrogen-bond acceptors (Lipinski definition) is 5. The molecule has 1 aromatic rings. The number of nitrogens with zero attached hydrogens (tertiary/aromatic N) is 1. The number of morpholine rings is 1. The van der Waals surface area contributed by atoms with Gasteiger partial charge in [-0.3, -0.25) is 0 Å². The van der Waals surface area contributed by atoms with Gasteiger partial charge in [0.2, 0.25) is 0 Å². The average molecular weight is 407 g/mol. The third kappa shape index (κ3) is 7.26. The van der Waals surface area contributed by atoms with Crippen LogP contribution in [0, 0.1) is 0 Å². The van der Waals surface area contributed by atoms with Crippen LogP contribution in [0.4, 0.5) is 9.59 Å². The molecule has 2 aliphatic rings. The van der Waals surface area contributed by atoms with E-state index in [2.05, 4.69) is 5.32 Å². The fourth-order valence-corrected chi connectivity index (χ4v) is 3.11. The van der Waals surface area contributed by atoms with Gasteiger partial charge in [-0.25, -0.2) is 14.4 Å². The Bertz CT molecular complexity index is 753. The van der Waals surface area contributed by atoms with E-state index in [1.807, 2.05) is 26.8 Å². The van der Waals surface area contributed by atoms with Crippen molar-refractivity contribution in [1.29, 1.82) is 0 Å². The molecule has 29 heavy (non-hydrogen) atoms. The Morgan fingerprint density at radius 1 is 1.17 bits per heavy atom. The van der Waals surface area contributed by atoms with Gasteiger partial charge in [0.1, 0.15) is 5.60 Å². The lowest BCUT2D eigenvalue weighted by Gasteiger charge is -2.24. The number of hydrogen-bond donors (Lipinski definition) is 3. The summed E-state index contributed by atoms with van der Waals surface area (Å²) in [6.07, 6.45) is 0.901. The summed E-state index contributed by atoms with van der Waals surface area (Å²) in [5.41, 5.74) is 6.81. The van der Waals surface area contributed by atoms with Gasteiger partial charge in [-0.2, -0.15) is 0 Å². The minimum Gasteiger partial charge on any atom is -0.478 e. The van der Waals surface area contributed by atoms with Crippen LogP contribution in [0.1, 0.15) is 42.3 Å². The lowest BCUT2D eigenvalue weighted by atomic mass is 10.1. The molecule has 1 unspecified atom stereocenters. The monoisotopic (exact) mass is 407 g/mol. The lowest BCUT2D eigenvalue weighted by Crippen LogP contribution is -2.43. The number of alkyl carbamates (subject to hydrolysis) is 1. The van der Waals surface area contributed by atoms with E-state index in [4.69, 9.17) is 20.3 Å². The molecule has 3 rings (SSSR count). The number of carbonyl (C=O) groups excluding carboxylic acids is 2. The SMILES string of the molecule is CC(C)(C)OC(=O)NC1Cc2ccc(C(=O)O)cc2C1.NC(=O)N1CCOCC1. The smallest absolute Gasteiger partial charge is 0.407 e. The van der Waals surface area contributed by atoms with Crippen LogP contribution in [0.25, 0.3) is 0 Å². The number of benzene rings is 1. The molecule has 9 nitrogen and oxygen atoms in total. The van der Waals surface area contributed by atoms with Crippen LogP contribution >= 0.6 is 0 Å². The van der Waals surface area contributed by atoms with Crippen LogP contribution in [-0.2, 0) is 22.3 Å². The maximum atomic E-state index is 11.7. The molecule has 1 fully saturated rings. The van der Waals surface area contributed by atoms with Gasteiger partial charge in [0.25, 0.3) is 0 Å². The van der Waals surface area contributed by atoms with E-state index in [1.54, 1.807) is 17.0 Å². The number of nitrogens with one attached hydrogen (secondary N) is 1. The van der Waals surface area contributed by atoms with Crippen molar-refractivity contribution in [2.75, 3.05) is 26.3 Å². The number of urea groups is 1. The number of aromatic carboxylic acids is 1. The van der Waals surface area contributed by atoms with Crippen molar-refractivity contribution >= 4 is 18.1 Å². The van der Waals surface area contributed by atoms with Crippen molar-refractivity contribution in [1.82, 2.24) is 10.2 Å². The minimum absolute atomic E-state index is 0.0381. The Labute approximate surface area is 170 Å². The molecule has 1 aliphatic carbocycles. The topological polar surface area (TPSA) is 131 Å². The van der Waals surface area contributed by atoms with Gasteiger partial charge < -0.3 is 30.5 Å². The minimum atomic E-state index is -0.934. The number of ether oxygens (including phenoxy) is 2. The zero-order chi connectivity index (χ0) is 21.6. The third-order valence-corrected chi connectivity index (χ3v) is 4.43. The molecule has 1 aromatic carbocycles. The van der Waals surface area contributed by atoms with E-state index in [1.165, 1.54) is 0 Å². The summed E-state index contributed by atoms with van der Waals surface area (Å²) < 4.78 is 10.2. The number of carboxylic acids is 1. The predicted molar refractivity (Wildman–Crippen MR) is 106 cm³/mol. The highest BCUT2D eigenvalue weighted by Crippen LogP contribution is 2.24. The number of carbonyl (C=O) groups is 3. The average Bonchev–Trinajstić information content (AvgIpc) is 3.02. The molecule has 0 aromatic heterocycles. The highest BCUT2D eigenvalue weighted by molar-refractivity contribution is 5.88. The Morgan fingerprint density at radius 2 is 1.79 bits per heavy atom. The number of rotatable bonds is 2.